The lowest BCUT2D eigenvalue weighted by Crippen LogP contribution is -2.39. The van der Waals surface area contributed by atoms with Crippen molar-refractivity contribution in [3.05, 3.63) is 0 Å². The maximum atomic E-state index is 11.8. The average molecular weight is 208 g/mol. The van der Waals surface area contributed by atoms with Crippen LogP contribution in [0.2, 0.25) is 0 Å². The third-order valence-electron chi connectivity index (χ3n) is 2.57. The topological polar surface area (TPSA) is 61.2 Å². The second-order valence-corrected chi connectivity index (χ2v) is 5.34. The Morgan fingerprint density at radius 1 is 1.47 bits per heavy atom. The summed E-state index contributed by atoms with van der Waals surface area (Å²) < 4.78 is 0. The fourth-order valence-electron chi connectivity index (χ4n) is 1.62. The molecule has 0 aromatic rings. The van der Waals surface area contributed by atoms with Crippen molar-refractivity contribution in [2.45, 2.75) is 34.1 Å². The summed E-state index contributed by atoms with van der Waals surface area (Å²) in [5.41, 5.74) is -1.28. The number of hydrogen-bond donors (Lipinski definition) is 0. The van der Waals surface area contributed by atoms with Gasteiger partial charge in [-0.05, 0) is 13.8 Å². The molecule has 0 radical (unpaired) electrons. The molecular weight excluding hydrogens is 192 g/mol. The molecule has 1 fully saturated rings. The first-order valence-electron chi connectivity index (χ1n) is 4.96. The van der Waals surface area contributed by atoms with Crippen molar-refractivity contribution in [3.63, 3.8) is 0 Å². The molecule has 1 aliphatic heterocycles. The fourth-order valence-corrected chi connectivity index (χ4v) is 1.62. The summed E-state index contributed by atoms with van der Waals surface area (Å²) in [6.07, 6.45) is 0.243. The maximum Gasteiger partial charge on any atom is 0.235 e. The SMILES string of the molecule is CC(C)(C#N)CN1C(=O)CC(C)(C)C1=O. The van der Waals surface area contributed by atoms with Gasteiger partial charge in [-0.25, -0.2) is 0 Å². The molecule has 4 heteroatoms. The van der Waals surface area contributed by atoms with Crippen molar-refractivity contribution >= 4 is 11.8 Å². The van der Waals surface area contributed by atoms with Crippen molar-refractivity contribution in [3.8, 4) is 6.07 Å². The molecule has 0 saturated carbocycles. The van der Waals surface area contributed by atoms with Crippen molar-refractivity contribution in [2.75, 3.05) is 6.54 Å². The van der Waals surface area contributed by atoms with Gasteiger partial charge in [0.1, 0.15) is 0 Å². The predicted octanol–water partition coefficient (Wildman–Crippen LogP) is 1.32. The van der Waals surface area contributed by atoms with Gasteiger partial charge in [-0.3, -0.25) is 14.5 Å². The summed E-state index contributed by atoms with van der Waals surface area (Å²) >= 11 is 0. The smallest absolute Gasteiger partial charge is 0.235 e. The molecule has 0 aromatic carbocycles. The van der Waals surface area contributed by atoms with Crippen LogP contribution in [-0.2, 0) is 9.59 Å². The lowest BCUT2D eigenvalue weighted by molar-refractivity contribution is -0.141. The monoisotopic (exact) mass is 208 g/mol. The van der Waals surface area contributed by atoms with Gasteiger partial charge in [0.25, 0.3) is 0 Å². The molecule has 1 heterocycles. The van der Waals surface area contributed by atoms with Gasteiger partial charge in [-0.2, -0.15) is 5.26 Å². The predicted molar refractivity (Wildman–Crippen MR) is 54.5 cm³/mol. The Morgan fingerprint density at radius 3 is 2.33 bits per heavy atom. The van der Waals surface area contributed by atoms with Gasteiger partial charge in [0.15, 0.2) is 0 Å². The van der Waals surface area contributed by atoms with Crippen molar-refractivity contribution in [2.24, 2.45) is 10.8 Å². The van der Waals surface area contributed by atoms with Gasteiger partial charge < -0.3 is 0 Å². The first-order chi connectivity index (χ1) is 6.69. The maximum absolute atomic E-state index is 11.8. The molecule has 2 amide bonds. The third kappa shape index (κ3) is 2.17. The van der Waals surface area contributed by atoms with Crippen molar-refractivity contribution in [1.29, 1.82) is 5.26 Å². The minimum Gasteiger partial charge on any atom is -0.281 e. The van der Waals surface area contributed by atoms with Crippen LogP contribution in [-0.4, -0.2) is 23.3 Å². The van der Waals surface area contributed by atoms with E-state index < -0.39 is 10.8 Å². The van der Waals surface area contributed by atoms with E-state index in [-0.39, 0.29) is 24.8 Å². The second-order valence-electron chi connectivity index (χ2n) is 5.34. The van der Waals surface area contributed by atoms with E-state index in [9.17, 15) is 9.59 Å². The van der Waals surface area contributed by atoms with Gasteiger partial charge in [-0.15, -0.1) is 0 Å². The molecule has 4 nitrogen and oxygen atoms in total. The van der Waals surface area contributed by atoms with Crippen LogP contribution in [0, 0.1) is 22.2 Å². The zero-order valence-electron chi connectivity index (χ0n) is 9.63. The highest BCUT2D eigenvalue weighted by atomic mass is 16.2. The van der Waals surface area contributed by atoms with Gasteiger partial charge in [0.05, 0.1) is 16.9 Å². The van der Waals surface area contributed by atoms with E-state index in [0.717, 1.165) is 0 Å². The first kappa shape index (κ1) is 11.7. The minimum absolute atomic E-state index is 0.171. The molecule has 0 N–H and O–H groups in total. The lowest BCUT2D eigenvalue weighted by atomic mass is 9.91. The lowest BCUT2D eigenvalue weighted by Gasteiger charge is -2.24. The molecular formula is C11H16N2O2. The van der Waals surface area contributed by atoms with E-state index in [1.165, 1.54) is 4.90 Å². The second kappa shape index (κ2) is 3.34. The Kier molecular flexibility index (Phi) is 2.60. The summed E-state index contributed by atoms with van der Waals surface area (Å²) in [6, 6.07) is 2.09. The van der Waals surface area contributed by atoms with E-state index >= 15 is 0 Å². The molecule has 1 saturated heterocycles. The zero-order chi connectivity index (χ0) is 11.9. The molecule has 0 aromatic heterocycles. The Morgan fingerprint density at radius 2 is 2.00 bits per heavy atom. The zero-order valence-corrected chi connectivity index (χ0v) is 9.63. The molecule has 0 spiro atoms. The highest BCUT2D eigenvalue weighted by Crippen LogP contribution is 2.33. The largest absolute Gasteiger partial charge is 0.281 e. The number of carbonyl (C=O) groups is 2. The van der Waals surface area contributed by atoms with Crippen LogP contribution >= 0.6 is 0 Å². The highest BCUT2D eigenvalue weighted by Gasteiger charge is 2.46. The standard InChI is InChI=1S/C11H16N2O2/c1-10(2,6-12)7-13-8(14)5-11(3,4)9(13)15/h5,7H2,1-4H3. The van der Waals surface area contributed by atoms with Gasteiger partial charge in [-0.1, -0.05) is 13.8 Å². The first-order valence-corrected chi connectivity index (χ1v) is 4.96. The minimum atomic E-state index is -0.675. The number of nitrogens with zero attached hydrogens (tertiary/aromatic N) is 2. The normalized spacial score (nSPS) is 20.6. The van der Waals surface area contributed by atoms with Crippen LogP contribution in [0.1, 0.15) is 34.1 Å². The Hall–Kier alpha value is -1.37. The molecule has 0 atom stereocenters. The number of hydrogen-bond acceptors (Lipinski definition) is 3. The molecule has 0 bridgehead atoms. The van der Waals surface area contributed by atoms with Gasteiger partial charge in [0, 0.05) is 13.0 Å². The van der Waals surface area contributed by atoms with Crippen molar-refractivity contribution in [1.82, 2.24) is 4.90 Å². The van der Waals surface area contributed by atoms with Crippen molar-refractivity contribution < 1.29 is 9.59 Å². The number of likely N-dealkylation sites (tertiary alicyclic amines) is 1. The number of nitriles is 1. The highest BCUT2D eigenvalue weighted by molar-refractivity contribution is 6.05. The van der Waals surface area contributed by atoms with Crippen LogP contribution in [0.15, 0.2) is 0 Å². The third-order valence-corrected chi connectivity index (χ3v) is 2.57. The summed E-state index contributed by atoms with van der Waals surface area (Å²) in [5, 5.41) is 8.86. The fraction of sp³-hybridized carbons (Fsp3) is 0.727. The number of rotatable bonds is 2. The Labute approximate surface area is 89.9 Å². The summed E-state index contributed by atoms with van der Waals surface area (Å²) in [7, 11) is 0. The van der Waals surface area contributed by atoms with Crippen LogP contribution in [0.25, 0.3) is 0 Å². The van der Waals surface area contributed by atoms with E-state index in [0.29, 0.717) is 0 Å². The molecule has 0 unspecified atom stereocenters. The molecule has 0 aliphatic carbocycles. The van der Waals surface area contributed by atoms with Gasteiger partial charge >= 0.3 is 0 Å². The summed E-state index contributed by atoms with van der Waals surface area (Å²) in [4.78, 5) is 24.6. The van der Waals surface area contributed by atoms with Crippen LogP contribution in [0.4, 0.5) is 0 Å². The van der Waals surface area contributed by atoms with E-state index in [1.54, 1.807) is 27.7 Å². The van der Waals surface area contributed by atoms with Crippen LogP contribution in [0.5, 0.6) is 0 Å². The Bertz CT molecular complexity index is 350. The number of amides is 2. The number of imide groups is 1. The molecule has 1 aliphatic rings. The summed E-state index contributed by atoms with van der Waals surface area (Å²) in [5.74, 6) is -0.343. The quantitative estimate of drug-likeness (QED) is 0.643. The molecule has 82 valence electrons. The Balaban J connectivity index is 2.87. The van der Waals surface area contributed by atoms with Crippen LogP contribution < -0.4 is 0 Å². The van der Waals surface area contributed by atoms with E-state index in [1.807, 2.05) is 0 Å². The molecule has 1 rings (SSSR count). The average Bonchev–Trinajstić information content (AvgIpc) is 2.28. The van der Waals surface area contributed by atoms with Crippen LogP contribution in [0.3, 0.4) is 0 Å². The molecule has 15 heavy (non-hydrogen) atoms. The van der Waals surface area contributed by atoms with Gasteiger partial charge in [0.2, 0.25) is 11.8 Å². The number of carbonyl (C=O) groups excluding carboxylic acids is 2. The summed E-state index contributed by atoms with van der Waals surface area (Å²) in [6.45, 7) is 7.14. The van der Waals surface area contributed by atoms with E-state index in [2.05, 4.69) is 6.07 Å². The van der Waals surface area contributed by atoms with E-state index in [4.69, 9.17) is 5.26 Å².